The van der Waals surface area contributed by atoms with Gasteiger partial charge in [0.15, 0.2) is 9.84 Å². The Morgan fingerprint density at radius 1 is 1.21 bits per heavy atom. The van der Waals surface area contributed by atoms with Crippen molar-refractivity contribution in [1.82, 2.24) is 15.5 Å². The molecular weight excluding hydrogens is 440 g/mol. The van der Waals surface area contributed by atoms with E-state index in [0.717, 1.165) is 22.3 Å². The summed E-state index contributed by atoms with van der Waals surface area (Å²) in [5.41, 5.74) is 9.69. The highest BCUT2D eigenvalue weighted by Gasteiger charge is 2.33. The van der Waals surface area contributed by atoms with Gasteiger partial charge in [0.1, 0.15) is 11.6 Å². The number of aryl methyl sites for hydroxylation is 1. The van der Waals surface area contributed by atoms with E-state index in [1.165, 1.54) is 19.2 Å². The number of hydrogen-bond acceptors (Lipinski definition) is 8. The number of hydrogen-bond donors (Lipinski definition) is 4. The number of H-pyrrole nitrogens is 1. The number of aromatic amines is 1. The third kappa shape index (κ3) is 4.57. The van der Waals surface area contributed by atoms with Crippen LogP contribution < -0.4 is 21.1 Å². The summed E-state index contributed by atoms with van der Waals surface area (Å²) in [6, 6.07) is 10.5. The Hall–Kier alpha value is -3.37. The van der Waals surface area contributed by atoms with Gasteiger partial charge >= 0.3 is 0 Å². The number of aromatic nitrogens is 2. The van der Waals surface area contributed by atoms with Crippen LogP contribution in [0.5, 0.6) is 5.75 Å². The van der Waals surface area contributed by atoms with Gasteiger partial charge in [-0.1, -0.05) is 13.8 Å². The van der Waals surface area contributed by atoms with Crippen molar-refractivity contribution in [2.24, 2.45) is 16.6 Å². The highest BCUT2D eigenvalue weighted by atomic mass is 32.2. The quantitative estimate of drug-likeness (QED) is 0.419. The number of rotatable bonds is 7. The molecule has 0 saturated carbocycles. The largest absolute Gasteiger partial charge is 0.496 e. The van der Waals surface area contributed by atoms with Gasteiger partial charge in [0, 0.05) is 23.0 Å². The van der Waals surface area contributed by atoms with Crippen molar-refractivity contribution in [2.45, 2.75) is 31.5 Å². The van der Waals surface area contributed by atoms with E-state index in [2.05, 4.69) is 25.8 Å². The van der Waals surface area contributed by atoms with Gasteiger partial charge in [-0.05, 0) is 55.3 Å². The average molecular weight is 469 g/mol. The number of nitrogens with one attached hydrogen (secondary N) is 3. The Bertz CT molecular complexity index is 1360. The minimum atomic E-state index is -3.48. The van der Waals surface area contributed by atoms with E-state index in [9.17, 15) is 8.42 Å². The molecule has 0 amide bonds. The van der Waals surface area contributed by atoms with E-state index in [1.807, 2.05) is 39.0 Å². The normalized spacial score (nSPS) is 18.3. The van der Waals surface area contributed by atoms with Crippen molar-refractivity contribution in [3.63, 3.8) is 0 Å². The number of methoxy groups -OCH3 is 1. The first-order chi connectivity index (χ1) is 15.6. The smallest absolute Gasteiger partial charge is 0.213 e. The summed E-state index contributed by atoms with van der Waals surface area (Å²) >= 11 is 0. The van der Waals surface area contributed by atoms with E-state index in [-0.39, 0.29) is 16.6 Å². The van der Waals surface area contributed by atoms with Crippen LogP contribution in [0.1, 0.15) is 25.1 Å². The molecule has 0 bridgehead atoms. The van der Waals surface area contributed by atoms with Crippen molar-refractivity contribution in [3.8, 4) is 5.75 Å². The van der Waals surface area contributed by atoms with Gasteiger partial charge in [-0.15, -0.1) is 0 Å². The van der Waals surface area contributed by atoms with Crippen LogP contribution in [0, 0.1) is 12.8 Å². The van der Waals surface area contributed by atoms with Crippen LogP contribution in [0.4, 0.5) is 5.69 Å². The summed E-state index contributed by atoms with van der Waals surface area (Å²) in [4.78, 5) is 4.58. The lowest BCUT2D eigenvalue weighted by Gasteiger charge is -2.33. The van der Waals surface area contributed by atoms with Gasteiger partial charge in [-0.3, -0.25) is 10.8 Å². The van der Waals surface area contributed by atoms with Crippen LogP contribution in [0.3, 0.4) is 0 Å². The summed E-state index contributed by atoms with van der Waals surface area (Å²) in [5, 5.41) is 14.8. The fourth-order valence-corrected chi connectivity index (χ4v) is 5.45. The van der Waals surface area contributed by atoms with Crippen LogP contribution in [-0.2, 0) is 15.6 Å². The second kappa shape index (κ2) is 8.53. The maximum Gasteiger partial charge on any atom is 0.213 e. The van der Waals surface area contributed by atoms with Crippen molar-refractivity contribution >= 4 is 32.6 Å². The minimum Gasteiger partial charge on any atom is -0.496 e. The van der Waals surface area contributed by atoms with Crippen molar-refractivity contribution in [1.29, 1.82) is 0 Å². The molecule has 0 radical (unpaired) electrons. The lowest BCUT2D eigenvalue weighted by molar-refractivity contribution is 0.354. The standard InChI is InChI=1S/C23H28N6O3S/c1-14(2)13-33(30,31)17-6-8-21(32-4)19(12-17)23(24)25-10-9-22(27-23)26-16-5-7-18-15(3)28-29-20(18)11-16/h5-12,14,26-27H,13,24H2,1-4H3,(H,28,29). The fraction of sp³-hybridized carbons (Fsp3) is 0.304. The zero-order chi connectivity index (χ0) is 23.8. The summed E-state index contributed by atoms with van der Waals surface area (Å²) in [6.07, 6.45) is 3.32. The maximum atomic E-state index is 12.8. The third-order valence-electron chi connectivity index (χ3n) is 5.36. The van der Waals surface area contributed by atoms with Crippen LogP contribution in [0.2, 0.25) is 0 Å². The molecule has 1 aliphatic rings. The van der Waals surface area contributed by atoms with Gasteiger partial charge in [-0.25, -0.2) is 13.4 Å². The monoisotopic (exact) mass is 468 g/mol. The fourth-order valence-electron chi connectivity index (χ4n) is 3.81. The second-order valence-electron chi connectivity index (χ2n) is 8.49. The molecule has 2 heterocycles. The number of aliphatic imine (C=N–C) groups is 1. The van der Waals surface area contributed by atoms with E-state index in [0.29, 0.717) is 17.1 Å². The molecule has 0 spiro atoms. The van der Waals surface area contributed by atoms with Crippen LogP contribution in [-0.4, -0.2) is 37.7 Å². The maximum absolute atomic E-state index is 12.8. The molecule has 0 aliphatic carbocycles. The zero-order valence-corrected chi connectivity index (χ0v) is 19.8. The molecule has 1 aliphatic heterocycles. The topological polar surface area (TPSA) is 134 Å². The molecule has 5 N–H and O–H groups in total. The predicted molar refractivity (Wildman–Crippen MR) is 130 cm³/mol. The molecule has 33 heavy (non-hydrogen) atoms. The molecule has 4 rings (SSSR count). The Morgan fingerprint density at radius 3 is 2.73 bits per heavy atom. The number of nitrogens with two attached hydrogens (primary N) is 1. The number of fused-ring (bicyclic) bond motifs is 1. The lowest BCUT2D eigenvalue weighted by atomic mass is 10.1. The zero-order valence-electron chi connectivity index (χ0n) is 19.0. The molecule has 1 atom stereocenters. The molecule has 3 aromatic rings. The summed E-state index contributed by atoms with van der Waals surface area (Å²) in [6.45, 7) is 5.70. The molecule has 1 aromatic heterocycles. The molecule has 2 aromatic carbocycles. The van der Waals surface area contributed by atoms with E-state index in [1.54, 1.807) is 18.4 Å². The molecule has 174 valence electrons. The average Bonchev–Trinajstić information content (AvgIpc) is 3.12. The summed E-state index contributed by atoms with van der Waals surface area (Å²) in [7, 11) is -1.98. The SMILES string of the molecule is COc1ccc(S(=O)(=O)CC(C)C)cc1C1(N)N=CC=C(Nc2ccc3c(C)[nH]nc3c2)N1. The van der Waals surface area contributed by atoms with Crippen molar-refractivity contribution in [3.05, 3.63) is 59.6 Å². The van der Waals surface area contributed by atoms with Gasteiger partial charge in [0.05, 0.1) is 28.8 Å². The van der Waals surface area contributed by atoms with E-state index in [4.69, 9.17) is 10.5 Å². The third-order valence-corrected chi connectivity index (χ3v) is 7.44. The van der Waals surface area contributed by atoms with Crippen LogP contribution in [0.25, 0.3) is 10.9 Å². The number of allylic oxidation sites excluding steroid dienone is 1. The van der Waals surface area contributed by atoms with Crippen molar-refractivity contribution < 1.29 is 13.2 Å². The highest BCUT2D eigenvalue weighted by molar-refractivity contribution is 7.91. The van der Waals surface area contributed by atoms with E-state index >= 15 is 0 Å². The molecule has 1 unspecified atom stereocenters. The number of ether oxygens (including phenoxy) is 1. The van der Waals surface area contributed by atoms with Gasteiger partial charge < -0.3 is 15.4 Å². The minimum absolute atomic E-state index is 0.00686. The van der Waals surface area contributed by atoms with Gasteiger partial charge in [0.2, 0.25) is 5.79 Å². The van der Waals surface area contributed by atoms with Crippen LogP contribution in [0.15, 0.2) is 58.2 Å². The molecule has 0 saturated heterocycles. The van der Waals surface area contributed by atoms with Crippen molar-refractivity contribution in [2.75, 3.05) is 18.2 Å². The Kier molecular flexibility index (Phi) is 5.89. The molecule has 9 nitrogen and oxygen atoms in total. The van der Waals surface area contributed by atoms with Crippen LogP contribution >= 0.6 is 0 Å². The summed E-state index contributed by atoms with van der Waals surface area (Å²) in [5.74, 6) is -0.377. The predicted octanol–water partition coefficient (Wildman–Crippen LogP) is 3.01. The molecule has 0 fully saturated rings. The first kappa shape index (κ1) is 22.8. The van der Waals surface area contributed by atoms with Gasteiger partial charge in [0.25, 0.3) is 0 Å². The number of anilines is 1. The van der Waals surface area contributed by atoms with Gasteiger partial charge in [-0.2, -0.15) is 5.10 Å². The number of nitrogens with zero attached hydrogens (tertiary/aromatic N) is 2. The lowest BCUT2D eigenvalue weighted by Crippen LogP contribution is -2.51. The Labute approximate surface area is 193 Å². The second-order valence-corrected chi connectivity index (χ2v) is 10.5. The first-order valence-electron chi connectivity index (χ1n) is 10.6. The first-order valence-corrected chi connectivity index (χ1v) is 12.2. The number of benzene rings is 2. The van der Waals surface area contributed by atoms with E-state index < -0.39 is 15.6 Å². The summed E-state index contributed by atoms with van der Waals surface area (Å²) < 4.78 is 31.1. The Morgan fingerprint density at radius 2 is 2.00 bits per heavy atom. The molecular formula is C23H28N6O3S. The Balaban J connectivity index is 1.64. The highest BCUT2D eigenvalue weighted by Crippen LogP contribution is 2.33. The molecule has 10 heteroatoms. The number of sulfone groups is 1.